The number of H-pyrrole nitrogens is 2. The molecule has 0 saturated heterocycles. The number of alkyl halides is 1. The molecular weight excluding hydrogens is 391 g/mol. The van der Waals surface area contributed by atoms with Gasteiger partial charge in [-0.15, -0.1) is 0 Å². The first-order chi connectivity index (χ1) is 9.24. The van der Waals surface area contributed by atoms with Gasteiger partial charge in [-0.05, 0) is 24.4 Å². The second-order valence-electron chi connectivity index (χ2n) is 4.00. The standard InChI is InChI=1S/C13H15IN2OS2/c14-10(7-17-12-4-2-1-3-5-12)8-19-9-11-6-15-13(18)16-11/h1-6,10H,7-9H2,(H2,15,16,18). The van der Waals surface area contributed by atoms with Crippen molar-refractivity contribution in [2.24, 2.45) is 0 Å². The van der Waals surface area contributed by atoms with Crippen LogP contribution in [-0.2, 0) is 5.75 Å². The van der Waals surface area contributed by atoms with Gasteiger partial charge in [0.15, 0.2) is 4.77 Å². The van der Waals surface area contributed by atoms with Crippen LogP contribution in [0.2, 0.25) is 0 Å². The van der Waals surface area contributed by atoms with Gasteiger partial charge in [0.1, 0.15) is 12.4 Å². The van der Waals surface area contributed by atoms with Gasteiger partial charge in [-0.2, -0.15) is 11.8 Å². The first kappa shape index (κ1) is 14.9. The third-order valence-electron chi connectivity index (χ3n) is 2.38. The van der Waals surface area contributed by atoms with Crippen LogP contribution < -0.4 is 4.74 Å². The number of ether oxygens (including phenoxy) is 1. The largest absolute Gasteiger partial charge is 0.492 e. The zero-order chi connectivity index (χ0) is 13.5. The molecule has 0 saturated carbocycles. The van der Waals surface area contributed by atoms with Crippen molar-refractivity contribution in [1.82, 2.24) is 9.97 Å². The third kappa shape index (κ3) is 5.58. The molecule has 1 heterocycles. The van der Waals surface area contributed by atoms with Crippen LogP contribution in [0.4, 0.5) is 0 Å². The van der Waals surface area contributed by atoms with Crippen LogP contribution in [0.1, 0.15) is 5.69 Å². The van der Waals surface area contributed by atoms with Crippen LogP contribution in [-0.4, -0.2) is 26.3 Å². The summed E-state index contributed by atoms with van der Waals surface area (Å²) in [5, 5.41) is 0. The number of aromatic nitrogens is 2. The smallest absolute Gasteiger partial charge is 0.174 e. The molecule has 2 N–H and O–H groups in total. The van der Waals surface area contributed by atoms with Crippen LogP contribution in [0.25, 0.3) is 0 Å². The van der Waals surface area contributed by atoms with Crippen LogP contribution in [0.3, 0.4) is 0 Å². The molecule has 3 nitrogen and oxygen atoms in total. The zero-order valence-electron chi connectivity index (χ0n) is 10.3. The average Bonchev–Trinajstić information content (AvgIpc) is 2.83. The van der Waals surface area contributed by atoms with Gasteiger partial charge >= 0.3 is 0 Å². The van der Waals surface area contributed by atoms with Crippen molar-refractivity contribution >= 4 is 46.6 Å². The van der Waals surface area contributed by atoms with E-state index < -0.39 is 0 Å². The molecule has 102 valence electrons. The summed E-state index contributed by atoms with van der Waals surface area (Å²) in [6.07, 6.45) is 1.93. The van der Waals surface area contributed by atoms with Crippen molar-refractivity contribution in [2.45, 2.75) is 9.68 Å². The van der Waals surface area contributed by atoms with E-state index in [1.54, 1.807) is 0 Å². The van der Waals surface area contributed by atoms with Gasteiger partial charge in [-0.3, -0.25) is 0 Å². The van der Waals surface area contributed by atoms with E-state index in [1.165, 1.54) is 0 Å². The predicted octanol–water partition coefficient (Wildman–Crippen LogP) is 4.19. The van der Waals surface area contributed by atoms with Gasteiger partial charge in [-0.25, -0.2) is 0 Å². The van der Waals surface area contributed by atoms with Gasteiger partial charge < -0.3 is 14.7 Å². The average molecular weight is 406 g/mol. The molecule has 19 heavy (non-hydrogen) atoms. The Hall–Kier alpha value is -0.470. The molecular formula is C13H15IN2OS2. The van der Waals surface area contributed by atoms with Gasteiger partial charge in [0.2, 0.25) is 0 Å². The number of benzene rings is 1. The highest BCUT2D eigenvalue weighted by Gasteiger charge is 2.06. The second-order valence-corrected chi connectivity index (χ2v) is 7.20. The Morgan fingerprint density at radius 1 is 1.32 bits per heavy atom. The molecule has 2 rings (SSSR count). The van der Waals surface area contributed by atoms with Gasteiger partial charge in [0.05, 0.1) is 3.92 Å². The highest BCUT2D eigenvalue weighted by Crippen LogP contribution is 2.17. The molecule has 6 heteroatoms. The molecule has 1 unspecified atom stereocenters. The van der Waals surface area contributed by atoms with E-state index >= 15 is 0 Å². The summed E-state index contributed by atoms with van der Waals surface area (Å²) in [6.45, 7) is 0.737. The molecule has 1 atom stereocenters. The summed E-state index contributed by atoms with van der Waals surface area (Å²) < 4.78 is 6.90. The monoisotopic (exact) mass is 406 g/mol. The Bertz CT molecular complexity index is 541. The van der Waals surface area contributed by atoms with Gasteiger partial charge in [0.25, 0.3) is 0 Å². The lowest BCUT2D eigenvalue weighted by Gasteiger charge is -2.11. The first-order valence-corrected chi connectivity index (χ1v) is 8.71. The minimum absolute atomic E-state index is 0.490. The highest BCUT2D eigenvalue weighted by molar-refractivity contribution is 14.1. The van der Waals surface area contributed by atoms with E-state index in [2.05, 4.69) is 32.6 Å². The summed E-state index contributed by atoms with van der Waals surface area (Å²) >= 11 is 9.30. The molecule has 0 aliphatic carbocycles. The Morgan fingerprint density at radius 2 is 2.11 bits per heavy atom. The maximum absolute atomic E-state index is 5.72. The summed E-state index contributed by atoms with van der Waals surface area (Å²) in [5.41, 5.74) is 1.14. The van der Waals surface area contributed by atoms with Crippen LogP contribution in [0, 0.1) is 4.77 Å². The number of halogens is 1. The number of imidazole rings is 1. The Morgan fingerprint density at radius 3 is 2.79 bits per heavy atom. The SMILES string of the molecule is S=c1[nH]cc(CSCC(I)COc2ccccc2)[nH]1. The lowest BCUT2D eigenvalue weighted by Crippen LogP contribution is -2.13. The van der Waals surface area contributed by atoms with Crippen molar-refractivity contribution in [1.29, 1.82) is 0 Å². The topological polar surface area (TPSA) is 40.8 Å². The Labute approximate surface area is 135 Å². The van der Waals surface area contributed by atoms with E-state index in [1.807, 2.05) is 48.3 Å². The fourth-order valence-corrected chi connectivity index (χ4v) is 3.47. The van der Waals surface area contributed by atoms with E-state index in [4.69, 9.17) is 17.0 Å². The summed E-state index contributed by atoms with van der Waals surface area (Å²) in [5.74, 6) is 2.93. The van der Waals surface area contributed by atoms with Crippen LogP contribution in [0.15, 0.2) is 36.5 Å². The number of rotatable bonds is 7. The molecule has 1 aromatic heterocycles. The Kier molecular flexibility index (Phi) is 6.25. The maximum Gasteiger partial charge on any atom is 0.174 e. The minimum Gasteiger partial charge on any atom is -0.492 e. The number of aromatic amines is 2. The van der Waals surface area contributed by atoms with Gasteiger partial charge in [0, 0.05) is 23.4 Å². The molecule has 0 radical (unpaired) electrons. The fourth-order valence-electron chi connectivity index (χ4n) is 1.50. The van der Waals surface area contributed by atoms with Crippen molar-refractivity contribution in [2.75, 3.05) is 12.4 Å². The number of nitrogens with one attached hydrogen (secondary N) is 2. The first-order valence-electron chi connectivity index (χ1n) is 5.90. The molecule has 0 aliphatic heterocycles. The maximum atomic E-state index is 5.72. The summed E-state index contributed by atoms with van der Waals surface area (Å²) in [4.78, 5) is 6.09. The lowest BCUT2D eigenvalue weighted by atomic mass is 10.3. The molecule has 1 aromatic carbocycles. The number of para-hydroxylation sites is 1. The van der Waals surface area contributed by atoms with E-state index in [0.29, 0.717) is 8.70 Å². The molecule has 2 aromatic rings. The van der Waals surface area contributed by atoms with Crippen molar-refractivity contribution < 1.29 is 4.74 Å². The number of thioether (sulfide) groups is 1. The lowest BCUT2D eigenvalue weighted by molar-refractivity contribution is 0.327. The molecule has 0 amide bonds. The molecule has 0 fully saturated rings. The predicted molar refractivity (Wildman–Crippen MR) is 91.9 cm³/mol. The second kappa shape index (κ2) is 7.96. The third-order valence-corrected chi connectivity index (χ3v) is 5.15. The van der Waals surface area contributed by atoms with Crippen LogP contribution in [0.5, 0.6) is 5.75 Å². The van der Waals surface area contributed by atoms with Crippen molar-refractivity contribution in [3.63, 3.8) is 0 Å². The zero-order valence-corrected chi connectivity index (χ0v) is 14.1. The molecule has 0 bridgehead atoms. The van der Waals surface area contributed by atoms with Crippen molar-refractivity contribution in [3.8, 4) is 5.75 Å². The van der Waals surface area contributed by atoms with E-state index in [0.717, 1.165) is 29.6 Å². The van der Waals surface area contributed by atoms with E-state index in [-0.39, 0.29) is 0 Å². The Balaban J connectivity index is 1.64. The molecule has 0 spiro atoms. The summed E-state index contributed by atoms with van der Waals surface area (Å²) in [6, 6.07) is 9.93. The minimum atomic E-state index is 0.490. The highest BCUT2D eigenvalue weighted by atomic mass is 127. The van der Waals surface area contributed by atoms with Crippen molar-refractivity contribution in [3.05, 3.63) is 47.0 Å². The summed E-state index contributed by atoms with van der Waals surface area (Å²) in [7, 11) is 0. The van der Waals surface area contributed by atoms with Crippen LogP contribution >= 0.6 is 46.6 Å². The quantitative estimate of drug-likeness (QED) is 0.412. The normalized spacial score (nSPS) is 12.3. The fraction of sp³-hybridized carbons (Fsp3) is 0.308. The van der Waals surface area contributed by atoms with Gasteiger partial charge in [-0.1, -0.05) is 40.8 Å². The molecule has 0 aliphatic rings. The van der Waals surface area contributed by atoms with E-state index in [9.17, 15) is 0 Å². The number of hydrogen-bond donors (Lipinski definition) is 2. The number of hydrogen-bond acceptors (Lipinski definition) is 3.